The van der Waals surface area contributed by atoms with Gasteiger partial charge in [-0.3, -0.25) is 4.79 Å². The zero-order valence-electron chi connectivity index (χ0n) is 12.0. The largest absolute Gasteiger partial charge is 0.324 e. The van der Waals surface area contributed by atoms with Crippen molar-refractivity contribution in [2.24, 2.45) is 0 Å². The summed E-state index contributed by atoms with van der Waals surface area (Å²) in [6.45, 7) is 4.26. The minimum absolute atomic E-state index is 0.245. The number of aryl methyl sites for hydroxylation is 2. The second-order valence-electron chi connectivity index (χ2n) is 5.29. The maximum absolute atomic E-state index is 12.4. The summed E-state index contributed by atoms with van der Waals surface area (Å²) in [4.78, 5) is 12.4. The van der Waals surface area contributed by atoms with Crippen molar-refractivity contribution in [2.75, 3.05) is 18.1 Å². The minimum Gasteiger partial charge on any atom is -0.324 e. The van der Waals surface area contributed by atoms with Crippen LogP contribution in [0, 0.1) is 13.8 Å². The molecule has 1 saturated heterocycles. The fraction of sp³-hybridized carbons (Fsp3) is 0.500. The molecule has 1 amide bonds. The number of nitrogens with zero attached hydrogens (tertiary/aromatic N) is 1. The maximum Gasteiger partial charge on any atom is 0.242 e. The molecule has 6 heteroatoms. The summed E-state index contributed by atoms with van der Waals surface area (Å²) in [5, 5.41) is 2.88. The van der Waals surface area contributed by atoms with E-state index in [1.54, 1.807) is 0 Å². The first-order valence-corrected chi connectivity index (χ1v) is 8.49. The lowest BCUT2D eigenvalue weighted by molar-refractivity contribution is -0.119. The number of nitrogens with one attached hydrogen (secondary N) is 1. The predicted molar refractivity (Wildman–Crippen MR) is 79.1 cm³/mol. The Balaban J connectivity index is 2.20. The SMILES string of the molecule is Cc1cccc(C)c1NC(=O)C1CCCN1S(C)(=O)=O. The Bertz CT molecular complexity index is 605. The van der Waals surface area contributed by atoms with E-state index in [9.17, 15) is 13.2 Å². The molecule has 0 radical (unpaired) electrons. The summed E-state index contributed by atoms with van der Waals surface area (Å²) in [6.07, 6.45) is 2.44. The van der Waals surface area contributed by atoms with E-state index in [4.69, 9.17) is 0 Å². The van der Waals surface area contributed by atoms with E-state index in [2.05, 4.69) is 5.32 Å². The molecule has 0 aromatic heterocycles. The molecule has 0 saturated carbocycles. The predicted octanol–water partition coefficient (Wildman–Crippen LogP) is 1.67. The molecule has 20 heavy (non-hydrogen) atoms. The number of sulfonamides is 1. The van der Waals surface area contributed by atoms with E-state index < -0.39 is 16.1 Å². The van der Waals surface area contributed by atoms with Gasteiger partial charge in [0.2, 0.25) is 15.9 Å². The standard InChI is InChI=1S/C14H20N2O3S/c1-10-6-4-7-11(2)13(10)15-14(17)12-8-5-9-16(12)20(3,18)19/h4,6-7,12H,5,8-9H2,1-3H3,(H,15,17). The monoisotopic (exact) mass is 296 g/mol. The van der Waals surface area contributed by atoms with Crippen LogP contribution in [0.2, 0.25) is 0 Å². The van der Waals surface area contributed by atoms with E-state index in [0.29, 0.717) is 13.0 Å². The molecule has 1 aliphatic rings. The molecule has 1 heterocycles. The summed E-state index contributed by atoms with van der Waals surface area (Å²) in [7, 11) is -3.34. The van der Waals surface area contributed by atoms with Crippen LogP contribution in [0.15, 0.2) is 18.2 Å². The first kappa shape index (κ1) is 15.0. The van der Waals surface area contributed by atoms with Crippen LogP contribution in [0.3, 0.4) is 0 Å². The van der Waals surface area contributed by atoms with Crippen molar-refractivity contribution in [1.82, 2.24) is 4.31 Å². The van der Waals surface area contributed by atoms with Gasteiger partial charge in [0.05, 0.1) is 6.26 Å². The zero-order chi connectivity index (χ0) is 14.9. The first-order chi connectivity index (χ1) is 9.30. The molecule has 0 aliphatic carbocycles. The molecule has 1 unspecified atom stereocenters. The zero-order valence-corrected chi connectivity index (χ0v) is 12.8. The van der Waals surface area contributed by atoms with Gasteiger partial charge in [-0.2, -0.15) is 4.31 Å². The Labute approximate surface area is 120 Å². The number of carbonyl (C=O) groups is 1. The third-order valence-electron chi connectivity index (χ3n) is 3.66. The van der Waals surface area contributed by atoms with Crippen molar-refractivity contribution in [3.05, 3.63) is 29.3 Å². The van der Waals surface area contributed by atoms with Gasteiger partial charge in [0.1, 0.15) is 6.04 Å². The molecule has 1 aromatic rings. The molecule has 5 nitrogen and oxygen atoms in total. The fourth-order valence-electron chi connectivity index (χ4n) is 2.62. The highest BCUT2D eigenvalue weighted by Crippen LogP contribution is 2.24. The van der Waals surface area contributed by atoms with Crippen molar-refractivity contribution < 1.29 is 13.2 Å². The number of para-hydroxylation sites is 1. The normalized spacial score (nSPS) is 20.1. The van der Waals surface area contributed by atoms with Crippen LogP contribution in [-0.4, -0.2) is 37.5 Å². The number of anilines is 1. The fourth-order valence-corrected chi connectivity index (χ4v) is 3.74. The Morgan fingerprint density at radius 1 is 1.30 bits per heavy atom. The molecule has 110 valence electrons. The van der Waals surface area contributed by atoms with Crippen molar-refractivity contribution in [3.8, 4) is 0 Å². The molecule has 0 bridgehead atoms. The Kier molecular flexibility index (Phi) is 4.15. The van der Waals surface area contributed by atoms with E-state index in [-0.39, 0.29) is 5.91 Å². The Hall–Kier alpha value is -1.40. The third-order valence-corrected chi connectivity index (χ3v) is 4.95. The summed E-state index contributed by atoms with van der Waals surface area (Å²) in [6, 6.07) is 5.18. The maximum atomic E-state index is 12.4. The van der Waals surface area contributed by atoms with Gasteiger partial charge in [-0.15, -0.1) is 0 Å². The molecule has 1 aliphatic heterocycles. The van der Waals surface area contributed by atoms with Gasteiger partial charge in [-0.1, -0.05) is 18.2 Å². The third kappa shape index (κ3) is 3.02. The highest BCUT2D eigenvalue weighted by atomic mass is 32.2. The van der Waals surface area contributed by atoms with Gasteiger partial charge in [0.25, 0.3) is 0 Å². The van der Waals surface area contributed by atoms with Gasteiger partial charge in [-0.05, 0) is 37.8 Å². The van der Waals surface area contributed by atoms with Crippen LogP contribution < -0.4 is 5.32 Å². The van der Waals surface area contributed by atoms with E-state index in [0.717, 1.165) is 29.5 Å². The lowest BCUT2D eigenvalue weighted by Crippen LogP contribution is -2.42. The van der Waals surface area contributed by atoms with Crippen LogP contribution in [-0.2, 0) is 14.8 Å². The average molecular weight is 296 g/mol. The van der Waals surface area contributed by atoms with Crippen molar-refractivity contribution in [1.29, 1.82) is 0 Å². The minimum atomic E-state index is -3.34. The van der Waals surface area contributed by atoms with E-state index in [1.165, 1.54) is 4.31 Å². The highest BCUT2D eigenvalue weighted by molar-refractivity contribution is 7.88. The second-order valence-corrected chi connectivity index (χ2v) is 7.22. The van der Waals surface area contributed by atoms with Crippen LogP contribution >= 0.6 is 0 Å². The topological polar surface area (TPSA) is 66.5 Å². The first-order valence-electron chi connectivity index (χ1n) is 6.64. The lowest BCUT2D eigenvalue weighted by atomic mass is 10.1. The number of carbonyl (C=O) groups excluding carboxylic acids is 1. The van der Waals surface area contributed by atoms with Crippen LogP contribution in [0.4, 0.5) is 5.69 Å². The van der Waals surface area contributed by atoms with Crippen LogP contribution in [0.1, 0.15) is 24.0 Å². The molecule has 1 N–H and O–H groups in total. The van der Waals surface area contributed by atoms with Gasteiger partial charge < -0.3 is 5.32 Å². The van der Waals surface area contributed by atoms with Crippen molar-refractivity contribution >= 4 is 21.6 Å². The molecular formula is C14H20N2O3S. The summed E-state index contributed by atoms with van der Waals surface area (Å²) in [5.74, 6) is -0.245. The van der Waals surface area contributed by atoms with Crippen molar-refractivity contribution in [2.45, 2.75) is 32.7 Å². The molecule has 2 rings (SSSR count). The number of amides is 1. The number of hydrogen-bond acceptors (Lipinski definition) is 3. The van der Waals surface area contributed by atoms with Crippen LogP contribution in [0.25, 0.3) is 0 Å². The average Bonchev–Trinajstić information content (AvgIpc) is 2.82. The van der Waals surface area contributed by atoms with E-state index in [1.807, 2.05) is 32.0 Å². The Morgan fingerprint density at radius 3 is 2.45 bits per heavy atom. The molecule has 1 atom stereocenters. The molecular weight excluding hydrogens is 276 g/mol. The highest BCUT2D eigenvalue weighted by Gasteiger charge is 2.36. The number of rotatable bonds is 3. The van der Waals surface area contributed by atoms with Gasteiger partial charge in [-0.25, -0.2) is 8.42 Å². The summed E-state index contributed by atoms with van der Waals surface area (Å²) in [5.41, 5.74) is 2.72. The van der Waals surface area contributed by atoms with Crippen LogP contribution in [0.5, 0.6) is 0 Å². The van der Waals surface area contributed by atoms with Crippen molar-refractivity contribution in [3.63, 3.8) is 0 Å². The summed E-state index contributed by atoms with van der Waals surface area (Å²) >= 11 is 0. The van der Waals surface area contributed by atoms with Gasteiger partial charge in [0.15, 0.2) is 0 Å². The number of benzene rings is 1. The van der Waals surface area contributed by atoms with E-state index >= 15 is 0 Å². The number of hydrogen-bond donors (Lipinski definition) is 1. The van der Waals surface area contributed by atoms with Gasteiger partial charge in [0, 0.05) is 12.2 Å². The molecule has 1 fully saturated rings. The molecule has 0 spiro atoms. The van der Waals surface area contributed by atoms with Gasteiger partial charge >= 0.3 is 0 Å². The Morgan fingerprint density at radius 2 is 1.90 bits per heavy atom. The lowest BCUT2D eigenvalue weighted by Gasteiger charge is -2.22. The quantitative estimate of drug-likeness (QED) is 0.922. The molecule has 1 aromatic carbocycles. The second kappa shape index (κ2) is 5.54. The smallest absolute Gasteiger partial charge is 0.242 e. The summed E-state index contributed by atoms with van der Waals surface area (Å²) < 4.78 is 24.6.